The van der Waals surface area contributed by atoms with Gasteiger partial charge in [0.05, 0.1) is 12.2 Å². The van der Waals surface area contributed by atoms with Gasteiger partial charge in [0.25, 0.3) is 0 Å². The maximum Gasteiger partial charge on any atom is 0.330 e. The average molecular weight is 903 g/mol. The molecule has 4 aromatic rings. The molecule has 0 amide bonds. The molecule has 0 radical (unpaired) electrons. The second kappa shape index (κ2) is 18.9. The summed E-state index contributed by atoms with van der Waals surface area (Å²) < 4.78 is 45.5. The fourth-order valence-electron chi connectivity index (χ4n) is 7.19. The molecule has 15 unspecified atom stereocenters. The number of fused-ring (bicyclic) bond motifs is 1. The molecule has 22 nitrogen and oxygen atoms in total. The summed E-state index contributed by atoms with van der Waals surface area (Å²) in [4.78, 5) is 26.7. The van der Waals surface area contributed by atoms with E-state index in [1.54, 1.807) is 0 Å². The number of benzene rings is 3. The summed E-state index contributed by atoms with van der Waals surface area (Å²) in [6.07, 6.45) is -22.9. The molecule has 1 aromatic heterocycles. The first-order valence-corrected chi connectivity index (χ1v) is 19.7. The van der Waals surface area contributed by atoms with Gasteiger partial charge in [0.15, 0.2) is 23.5 Å². The van der Waals surface area contributed by atoms with E-state index in [-0.39, 0.29) is 34.2 Å². The van der Waals surface area contributed by atoms with E-state index in [9.17, 15) is 70.9 Å². The third kappa shape index (κ3) is 9.44. The molecule has 3 aromatic carbocycles. The first kappa shape index (κ1) is 46.4. The third-order valence-corrected chi connectivity index (χ3v) is 10.9. The Morgan fingerprint density at radius 1 is 0.656 bits per heavy atom. The highest BCUT2D eigenvalue weighted by Gasteiger charge is 2.51. The van der Waals surface area contributed by atoms with Crippen LogP contribution in [0.3, 0.4) is 0 Å². The average Bonchev–Trinajstić information content (AvgIpc) is 3.26. The molecule has 22 heteroatoms. The normalized spacial score (nSPS) is 33.2. The molecule has 0 bridgehead atoms. The third-order valence-electron chi connectivity index (χ3n) is 10.9. The zero-order valence-electron chi connectivity index (χ0n) is 33.7. The molecule has 346 valence electrons. The molecular formula is C42H46O22. The number of aliphatic hydroxyl groups excluding tert-OH is 8. The highest BCUT2D eigenvalue weighted by molar-refractivity contribution is 5.88. The number of rotatable bonds is 11. The van der Waals surface area contributed by atoms with Crippen LogP contribution in [-0.2, 0) is 28.5 Å². The van der Waals surface area contributed by atoms with E-state index in [1.165, 1.54) is 62.4 Å². The van der Waals surface area contributed by atoms with Gasteiger partial charge in [0, 0.05) is 23.8 Å². The number of hydrogen-bond donors (Lipinski definition) is 12. The minimum absolute atomic E-state index is 0.119. The fourth-order valence-corrected chi connectivity index (χ4v) is 7.19. The number of carbonyl (C=O) groups is 1. The van der Waals surface area contributed by atoms with Crippen LogP contribution in [0.15, 0.2) is 69.9 Å². The lowest BCUT2D eigenvalue weighted by Crippen LogP contribution is -2.64. The van der Waals surface area contributed by atoms with E-state index in [0.717, 1.165) is 18.2 Å². The first-order chi connectivity index (χ1) is 30.3. The highest BCUT2D eigenvalue weighted by Crippen LogP contribution is 2.39. The lowest BCUT2D eigenvalue weighted by Gasteiger charge is -2.45. The molecule has 3 saturated heterocycles. The van der Waals surface area contributed by atoms with Crippen LogP contribution in [-0.4, -0.2) is 166 Å². The van der Waals surface area contributed by atoms with Crippen molar-refractivity contribution in [3.8, 4) is 45.8 Å². The monoisotopic (exact) mass is 902 g/mol. The Bertz CT molecular complexity index is 2390. The maximum atomic E-state index is 14.3. The summed E-state index contributed by atoms with van der Waals surface area (Å²) >= 11 is 0. The van der Waals surface area contributed by atoms with Crippen molar-refractivity contribution in [1.29, 1.82) is 0 Å². The maximum absolute atomic E-state index is 14.3. The zero-order chi connectivity index (χ0) is 46.3. The SMILES string of the molecule is CC1OC(Oc2cc(O)c3c(=O)c(OC4OC(C)C(O)C(OC5OC(COC(=O)C=Cc6ccc(O)c(O)c6)C(O)C(O)C5O)C4O)c(-c4ccc(O)cc4)oc3c2)C(O)C(O)C1O. The number of aromatic hydroxyl groups is 4. The molecular weight excluding hydrogens is 856 g/mol. The molecule has 12 N–H and O–H groups in total. The van der Waals surface area contributed by atoms with Gasteiger partial charge in [-0.05, 0) is 61.9 Å². The van der Waals surface area contributed by atoms with Gasteiger partial charge in [-0.2, -0.15) is 0 Å². The Morgan fingerprint density at radius 3 is 1.98 bits per heavy atom. The predicted molar refractivity (Wildman–Crippen MR) is 213 cm³/mol. The molecule has 0 spiro atoms. The van der Waals surface area contributed by atoms with Gasteiger partial charge >= 0.3 is 5.97 Å². The second-order valence-electron chi connectivity index (χ2n) is 15.4. The molecule has 0 saturated carbocycles. The van der Waals surface area contributed by atoms with Gasteiger partial charge in [-0.15, -0.1) is 0 Å². The van der Waals surface area contributed by atoms with Crippen LogP contribution >= 0.6 is 0 Å². The largest absolute Gasteiger partial charge is 0.508 e. The van der Waals surface area contributed by atoms with Crippen LogP contribution in [0.1, 0.15) is 19.4 Å². The quantitative estimate of drug-likeness (QED) is 0.0477. The minimum atomic E-state index is -2.03. The Hall–Kier alpha value is -5.60. The van der Waals surface area contributed by atoms with E-state index in [0.29, 0.717) is 5.56 Å². The number of esters is 1. The molecule has 64 heavy (non-hydrogen) atoms. The van der Waals surface area contributed by atoms with Crippen molar-refractivity contribution in [3.63, 3.8) is 0 Å². The minimum Gasteiger partial charge on any atom is -0.508 e. The van der Waals surface area contributed by atoms with Gasteiger partial charge < -0.3 is 98.9 Å². The van der Waals surface area contributed by atoms with Crippen LogP contribution in [0, 0.1) is 0 Å². The molecule has 0 aliphatic carbocycles. The van der Waals surface area contributed by atoms with E-state index >= 15 is 0 Å². The van der Waals surface area contributed by atoms with Crippen molar-refractivity contribution in [2.24, 2.45) is 0 Å². The van der Waals surface area contributed by atoms with Crippen molar-refractivity contribution in [2.75, 3.05) is 6.61 Å². The first-order valence-electron chi connectivity index (χ1n) is 19.7. The summed E-state index contributed by atoms with van der Waals surface area (Å²) in [5.74, 6) is -3.86. The molecule has 4 heterocycles. The lowest BCUT2D eigenvalue weighted by molar-refractivity contribution is -0.350. The smallest absolute Gasteiger partial charge is 0.330 e. The summed E-state index contributed by atoms with van der Waals surface area (Å²) in [7, 11) is 0. The Kier molecular flexibility index (Phi) is 13.7. The van der Waals surface area contributed by atoms with Crippen LogP contribution in [0.2, 0.25) is 0 Å². The van der Waals surface area contributed by atoms with Crippen LogP contribution < -0.4 is 14.9 Å². The molecule has 15 atom stereocenters. The number of phenolic OH excluding ortho intramolecular Hbond substituents is 4. The van der Waals surface area contributed by atoms with Gasteiger partial charge in [0.1, 0.15) is 95.9 Å². The van der Waals surface area contributed by atoms with Gasteiger partial charge in [-0.1, -0.05) is 6.07 Å². The van der Waals surface area contributed by atoms with Crippen molar-refractivity contribution in [1.82, 2.24) is 0 Å². The number of hydrogen-bond acceptors (Lipinski definition) is 22. The Morgan fingerprint density at radius 2 is 1.30 bits per heavy atom. The van der Waals surface area contributed by atoms with Crippen molar-refractivity contribution >= 4 is 23.0 Å². The van der Waals surface area contributed by atoms with Crippen molar-refractivity contribution in [2.45, 2.75) is 106 Å². The topological polar surface area (TPSA) is 355 Å². The molecule has 3 aliphatic heterocycles. The Labute approximate surface area is 361 Å². The van der Waals surface area contributed by atoms with Crippen molar-refractivity contribution < 1.29 is 104 Å². The number of phenols is 4. The molecule has 3 fully saturated rings. The molecule has 7 rings (SSSR count). The van der Waals surface area contributed by atoms with Gasteiger partial charge in [-0.25, -0.2) is 4.79 Å². The summed E-state index contributed by atoms with van der Waals surface area (Å²) in [5.41, 5.74) is -0.892. The van der Waals surface area contributed by atoms with Crippen LogP contribution in [0.5, 0.6) is 34.5 Å². The van der Waals surface area contributed by atoms with Gasteiger partial charge in [-0.3, -0.25) is 4.79 Å². The van der Waals surface area contributed by atoms with E-state index in [1.807, 2.05) is 0 Å². The standard InChI is InChI=1S/C42H46O22/c1-15-28(48)32(52)34(54)40(58-15)60-20-12-23(46)27-24(13-20)61-37(18-5-7-19(43)8-6-18)39(31(27)51)64-42-36(56)38(29(49)16(2)59-42)63-41-35(55)33(53)30(50)25(62-41)14-57-26(47)10-4-17-3-9-21(44)22(45)11-17/h3-13,15-16,25,28-30,32-36,38,40-46,48-50,52-56H,14H2,1-2H3. The molecule has 3 aliphatic rings. The number of ether oxygens (including phenoxy) is 7. The van der Waals surface area contributed by atoms with Crippen LogP contribution in [0.25, 0.3) is 28.4 Å². The Balaban J connectivity index is 1.12. The van der Waals surface area contributed by atoms with Crippen molar-refractivity contribution in [3.05, 3.63) is 76.5 Å². The predicted octanol–water partition coefficient (Wildman–Crippen LogP) is -1.22. The second-order valence-corrected chi connectivity index (χ2v) is 15.4. The van der Waals surface area contributed by atoms with Gasteiger partial charge in [0.2, 0.25) is 23.8 Å². The van der Waals surface area contributed by atoms with E-state index in [2.05, 4.69) is 0 Å². The number of carbonyl (C=O) groups excluding carboxylic acids is 1. The summed E-state index contributed by atoms with van der Waals surface area (Å²) in [6, 6.07) is 11.1. The zero-order valence-corrected chi connectivity index (χ0v) is 33.7. The summed E-state index contributed by atoms with van der Waals surface area (Å²) in [6.45, 7) is 2.08. The fraction of sp³-hybridized carbons (Fsp3) is 0.429. The van der Waals surface area contributed by atoms with E-state index in [4.69, 9.17) is 37.6 Å². The van der Waals surface area contributed by atoms with E-state index < -0.39 is 133 Å². The number of aliphatic hydroxyl groups is 8. The summed E-state index contributed by atoms with van der Waals surface area (Å²) in [5, 5.41) is 125. The lowest BCUT2D eigenvalue weighted by atomic mass is 9.97. The highest BCUT2D eigenvalue weighted by atomic mass is 16.7. The van der Waals surface area contributed by atoms with Crippen LogP contribution in [0.4, 0.5) is 0 Å².